The predicted octanol–water partition coefficient (Wildman–Crippen LogP) is 5.06. The van der Waals surface area contributed by atoms with Crippen molar-refractivity contribution in [2.75, 3.05) is 20.2 Å². The van der Waals surface area contributed by atoms with Crippen LogP contribution < -0.4 is 5.32 Å². The van der Waals surface area contributed by atoms with Crippen LogP contribution in [0, 0.1) is 11.6 Å². The Bertz CT molecular complexity index is 1140. The summed E-state index contributed by atoms with van der Waals surface area (Å²) in [5, 5.41) is 6.95. The van der Waals surface area contributed by atoms with Crippen LogP contribution in [0.2, 0.25) is 0 Å². The van der Waals surface area contributed by atoms with Crippen LogP contribution in [0.25, 0.3) is 0 Å². The maximum Gasteiger partial charge on any atom is 0.252 e. The molecule has 1 N–H and O–H groups in total. The lowest BCUT2D eigenvalue weighted by atomic mass is 9.71. The summed E-state index contributed by atoms with van der Waals surface area (Å²) in [6, 6.07) is 14.2. The van der Waals surface area contributed by atoms with E-state index in [1.54, 1.807) is 19.2 Å². The van der Waals surface area contributed by atoms with Crippen molar-refractivity contribution in [3.8, 4) is 0 Å². The highest BCUT2D eigenvalue weighted by atomic mass is 32.1. The van der Waals surface area contributed by atoms with Crippen molar-refractivity contribution >= 4 is 17.2 Å². The van der Waals surface area contributed by atoms with Crippen LogP contribution in [0.4, 0.5) is 8.78 Å². The van der Waals surface area contributed by atoms with Crippen LogP contribution in [0.5, 0.6) is 0 Å². The standard InChI is InChI=1S/C26H26F2N2O2S/c1-32-24-23(29-25(31)18-9-14-33-16-18)19-6-2-3-7-20(19)26(24)10-12-30(13-11-26)15-17-5-4-8-21(27)22(17)28/h2-9,14,16,23-24H,10-13,15H2,1H3,(H,29,31)/t23-,24+/m0/s1. The Morgan fingerprint density at radius 1 is 1.15 bits per heavy atom. The summed E-state index contributed by atoms with van der Waals surface area (Å²) in [6.07, 6.45) is 1.42. The number of methoxy groups -OCH3 is 1. The number of fused-ring (bicyclic) bond motifs is 2. The molecule has 1 saturated heterocycles. The smallest absolute Gasteiger partial charge is 0.252 e. The maximum atomic E-state index is 14.2. The molecule has 2 heterocycles. The number of amides is 1. The zero-order chi connectivity index (χ0) is 23.0. The number of carbonyl (C=O) groups excluding carboxylic acids is 1. The maximum absolute atomic E-state index is 14.2. The molecule has 1 aliphatic heterocycles. The number of hydrogen-bond acceptors (Lipinski definition) is 4. The predicted molar refractivity (Wildman–Crippen MR) is 124 cm³/mol. The summed E-state index contributed by atoms with van der Waals surface area (Å²) in [6.45, 7) is 1.84. The molecule has 2 atom stereocenters. The van der Waals surface area contributed by atoms with E-state index in [1.165, 1.54) is 16.9 Å². The minimum absolute atomic E-state index is 0.103. The minimum atomic E-state index is -0.811. The van der Waals surface area contributed by atoms with E-state index in [-0.39, 0.29) is 23.5 Å². The first-order valence-electron chi connectivity index (χ1n) is 11.1. The van der Waals surface area contributed by atoms with Gasteiger partial charge in [0.25, 0.3) is 5.91 Å². The second kappa shape index (κ2) is 8.97. The van der Waals surface area contributed by atoms with Gasteiger partial charge >= 0.3 is 0 Å². The van der Waals surface area contributed by atoms with E-state index in [1.807, 2.05) is 29.0 Å². The summed E-state index contributed by atoms with van der Waals surface area (Å²) < 4.78 is 33.9. The number of rotatable bonds is 5. The van der Waals surface area contributed by atoms with Gasteiger partial charge in [0.2, 0.25) is 0 Å². The number of nitrogens with zero attached hydrogens (tertiary/aromatic N) is 1. The fraction of sp³-hybridized carbons (Fsp3) is 0.346. The van der Waals surface area contributed by atoms with E-state index < -0.39 is 11.6 Å². The van der Waals surface area contributed by atoms with Crippen LogP contribution in [-0.4, -0.2) is 37.1 Å². The zero-order valence-corrected chi connectivity index (χ0v) is 19.2. The number of ether oxygens (including phenoxy) is 1. The molecule has 0 saturated carbocycles. The molecule has 1 amide bonds. The molecule has 1 aliphatic carbocycles. The number of piperidine rings is 1. The summed E-state index contributed by atoms with van der Waals surface area (Å²) >= 11 is 1.49. The zero-order valence-electron chi connectivity index (χ0n) is 18.4. The normalized spacial score (nSPS) is 21.8. The molecule has 0 unspecified atom stereocenters. The largest absolute Gasteiger partial charge is 0.378 e. The molecular formula is C26H26F2N2O2S. The second-order valence-electron chi connectivity index (χ2n) is 8.85. The summed E-state index contributed by atoms with van der Waals surface area (Å²) in [4.78, 5) is 15.0. The summed E-state index contributed by atoms with van der Waals surface area (Å²) in [5.41, 5.74) is 3.10. The van der Waals surface area contributed by atoms with Gasteiger partial charge in [-0.25, -0.2) is 8.78 Å². The number of thiophene rings is 1. The molecule has 5 rings (SSSR count). The highest BCUT2D eigenvalue weighted by Gasteiger charge is 2.54. The Labute approximate surface area is 196 Å². The average molecular weight is 469 g/mol. The summed E-state index contributed by atoms with van der Waals surface area (Å²) in [5.74, 6) is -1.68. The molecule has 0 bridgehead atoms. The molecule has 33 heavy (non-hydrogen) atoms. The first kappa shape index (κ1) is 22.2. The topological polar surface area (TPSA) is 41.6 Å². The van der Waals surface area contributed by atoms with Crippen molar-refractivity contribution in [3.05, 3.63) is 93.2 Å². The molecule has 172 valence electrons. The number of halogens is 2. The highest BCUT2D eigenvalue weighted by Crippen LogP contribution is 2.52. The molecule has 0 radical (unpaired) electrons. The van der Waals surface area contributed by atoms with Crippen molar-refractivity contribution < 1.29 is 18.3 Å². The first-order chi connectivity index (χ1) is 16.0. The highest BCUT2D eigenvalue weighted by molar-refractivity contribution is 7.08. The summed E-state index contributed by atoms with van der Waals surface area (Å²) in [7, 11) is 1.70. The Hall–Kier alpha value is -2.61. The third-order valence-electron chi connectivity index (χ3n) is 7.18. The van der Waals surface area contributed by atoms with E-state index >= 15 is 0 Å². The van der Waals surface area contributed by atoms with Crippen LogP contribution >= 0.6 is 11.3 Å². The molecule has 1 aromatic heterocycles. The first-order valence-corrected chi connectivity index (χ1v) is 12.1. The van der Waals surface area contributed by atoms with Crippen LogP contribution in [0.15, 0.2) is 59.3 Å². The van der Waals surface area contributed by atoms with Gasteiger partial charge in [0.05, 0.1) is 17.7 Å². The molecule has 4 nitrogen and oxygen atoms in total. The third-order valence-corrected chi connectivity index (χ3v) is 7.86. The lowest BCUT2D eigenvalue weighted by Gasteiger charge is -2.44. The van der Waals surface area contributed by atoms with Gasteiger partial charge < -0.3 is 10.1 Å². The fourth-order valence-corrected chi connectivity index (χ4v) is 6.20. The number of benzene rings is 2. The Balaban J connectivity index is 1.38. The van der Waals surface area contributed by atoms with E-state index in [2.05, 4.69) is 22.3 Å². The van der Waals surface area contributed by atoms with Crippen LogP contribution in [0.3, 0.4) is 0 Å². The number of carbonyl (C=O) groups is 1. The fourth-order valence-electron chi connectivity index (χ4n) is 5.57. The van der Waals surface area contributed by atoms with Gasteiger partial charge in [0.15, 0.2) is 11.6 Å². The Morgan fingerprint density at radius 2 is 1.94 bits per heavy atom. The van der Waals surface area contributed by atoms with Crippen LogP contribution in [0.1, 0.15) is 45.9 Å². The molecule has 2 aliphatic rings. The number of nitrogens with one attached hydrogen (secondary N) is 1. The molecule has 7 heteroatoms. The lowest BCUT2D eigenvalue weighted by Crippen LogP contribution is -2.50. The monoisotopic (exact) mass is 468 g/mol. The lowest BCUT2D eigenvalue weighted by molar-refractivity contribution is -0.0123. The van der Waals surface area contributed by atoms with Gasteiger partial charge in [-0.1, -0.05) is 36.4 Å². The number of likely N-dealkylation sites (tertiary alicyclic amines) is 1. The molecular weight excluding hydrogens is 442 g/mol. The molecule has 1 fully saturated rings. The van der Waals surface area contributed by atoms with Gasteiger partial charge in [-0.3, -0.25) is 9.69 Å². The number of hydrogen-bond donors (Lipinski definition) is 1. The molecule has 2 aromatic carbocycles. The van der Waals surface area contributed by atoms with Crippen LogP contribution in [-0.2, 0) is 16.7 Å². The SMILES string of the molecule is CO[C@@H]1[C@@H](NC(=O)c2ccsc2)c2ccccc2C12CCN(Cc1cccc(F)c1F)CC2. The van der Waals surface area contributed by atoms with Gasteiger partial charge in [-0.05, 0) is 54.6 Å². The van der Waals surface area contributed by atoms with Crippen molar-refractivity contribution in [2.24, 2.45) is 0 Å². The minimum Gasteiger partial charge on any atom is -0.378 e. The van der Waals surface area contributed by atoms with E-state index in [0.29, 0.717) is 17.7 Å². The van der Waals surface area contributed by atoms with Crippen molar-refractivity contribution in [1.29, 1.82) is 0 Å². The van der Waals surface area contributed by atoms with E-state index in [4.69, 9.17) is 4.74 Å². The third kappa shape index (κ3) is 3.88. The Kier molecular flexibility index (Phi) is 6.03. The average Bonchev–Trinajstić information content (AvgIpc) is 3.45. The van der Waals surface area contributed by atoms with Gasteiger partial charge in [-0.15, -0.1) is 0 Å². The second-order valence-corrected chi connectivity index (χ2v) is 9.63. The Morgan fingerprint density at radius 3 is 2.67 bits per heavy atom. The van der Waals surface area contributed by atoms with E-state index in [0.717, 1.165) is 37.6 Å². The van der Waals surface area contributed by atoms with E-state index in [9.17, 15) is 13.6 Å². The van der Waals surface area contributed by atoms with Gasteiger partial charge in [-0.2, -0.15) is 11.3 Å². The van der Waals surface area contributed by atoms with Gasteiger partial charge in [0, 0.05) is 30.0 Å². The van der Waals surface area contributed by atoms with Crippen molar-refractivity contribution in [1.82, 2.24) is 10.2 Å². The van der Waals surface area contributed by atoms with Gasteiger partial charge in [0.1, 0.15) is 0 Å². The van der Waals surface area contributed by atoms with Crippen molar-refractivity contribution in [3.63, 3.8) is 0 Å². The molecule has 3 aromatic rings. The van der Waals surface area contributed by atoms with Crippen molar-refractivity contribution in [2.45, 2.75) is 36.9 Å². The quantitative estimate of drug-likeness (QED) is 0.569. The molecule has 1 spiro atoms.